The van der Waals surface area contributed by atoms with Gasteiger partial charge in [-0.3, -0.25) is 4.79 Å². The van der Waals surface area contributed by atoms with E-state index >= 15 is 0 Å². The van der Waals surface area contributed by atoms with Crippen LogP contribution < -0.4 is 10.6 Å². The van der Waals surface area contributed by atoms with E-state index in [1.807, 2.05) is 37.3 Å². The van der Waals surface area contributed by atoms with Crippen molar-refractivity contribution >= 4 is 17.6 Å². The lowest BCUT2D eigenvalue weighted by Gasteiger charge is -2.16. The third kappa shape index (κ3) is 6.39. The minimum atomic E-state index is -5.08. The molecule has 4 rings (SSSR count). The number of hydrogen-bond acceptors (Lipinski definition) is 6. The minimum Gasteiger partial charge on any atom is -0.475 e. The molecular formula is C22H21F3N4O4. The molecule has 1 amide bonds. The van der Waals surface area contributed by atoms with E-state index in [2.05, 4.69) is 32.9 Å². The summed E-state index contributed by atoms with van der Waals surface area (Å²) in [6.45, 7) is 3.72. The average Bonchev–Trinajstić information content (AvgIpc) is 3.29. The molecule has 3 N–H and O–H groups in total. The van der Waals surface area contributed by atoms with Crippen LogP contribution in [0.4, 0.5) is 18.9 Å². The van der Waals surface area contributed by atoms with Gasteiger partial charge in [-0.25, -0.2) is 4.79 Å². The fraction of sp³-hybridized carbons (Fsp3) is 0.273. The van der Waals surface area contributed by atoms with E-state index in [0.29, 0.717) is 18.1 Å². The van der Waals surface area contributed by atoms with E-state index in [-0.39, 0.29) is 5.91 Å². The molecule has 11 heteroatoms. The molecule has 0 fully saturated rings. The second-order valence-corrected chi connectivity index (χ2v) is 7.12. The van der Waals surface area contributed by atoms with Crippen LogP contribution in [0.1, 0.15) is 24.5 Å². The van der Waals surface area contributed by atoms with Crippen LogP contribution in [0.15, 0.2) is 47.0 Å². The molecule has 3 aromatic rings. The number of carboxylic acids is 1. The zero-order valence-corrected chi connectivity index (χ0v) is 17.6. The minimum absolute atomic E-state index is 0.0118. The van der Waals surface area contributed by atoms with E-state index in [1.165, 1.54) is 11.1 Å². The van der Waals surface area contributed by atoms with Crippen LogP contribution >= 0.6 is 0 Å². The third-order valence-corrected chi connectivity index (χ3v) is 4.76. The largest absolute Gasteiger partial charge is 0.490 e. The highest BCUT2D eigenvalue weighted by molar-refractivity contribution is 5.90. The number of aromatic nitrogens is 2. The summed E-state index contributed by atoms with van der Waals surface area (Å²) < 4.78 is 37.2. The summed E-state index contributed by atoms with van der Waals surface area (Å²) >= 11 is 0. The Morgan fingerprint density at radius 3 is 2.42 bits per heavy atom. The van der Waals surface area contributed by atoms with Crippen LogP contribution in [0.25, 0.3) is 22.8 Å². The Bertz CT molecular complexity index is 1130. The van der Waals surface area contributed by atoms with Gasteiger partial charge in [0.1, 0.15) is 0 Å². The van der Waals surface area contributed by atoms with Crippen molar-refractivity contribution in [3.05, 3.63) is 53.6 Å². The number of anilines is 1. The predicted molar refractivity (Wildman–Crippen MR) is 113 cm³/mol. The predicted octanol–water partition coefficient (Wildman–Crippen LogP) is 4.03. The van der Waals surface area contributed by atoms with Gasteiger partial charge in [0.2, 0.25) is 11.7 Å². The number of halogens is 3. The van der Waals surface area contributed by atoms with E-state index in [1.54, 1.807) is 0 Å². The van der Waals surface area contributed by atoms with E-state index in [9.17, 15) is 18.0 Å². The van der Waals surface area contributed by atoms with Gasteiger partial charge in [-0.2, -0.15) is 18.2 Å². The lowest BCUT2D eigenvalue weighted by Crippen LogP contribution is -2.23. The van der Waals surface area contributed by atoms with E-state index in [4.69, 9.17) is 14.4 Å². The van der Waals surface area contributed by atoms with Gasteiger partial charge < -0.3 is 20.3 Å². The summed E-state index contributed by atoms with van der Waals surface area (Å²) in [6.07, 6.45) is -3.62. The first-order valence-electron chi connectivity index (χ1n) is 10.0. The van der Waals surface area contributed by atoms with Crippen LogP contribution in [0.3, 0.4) is 0 Å². The Kier molecular flexibility index (Phi) is 7.44. The molecule has 0 aliphatic carbocycles. The van der Waals surface area contributed by atoms with Gasteiger partial charge in [0.25, 0.3) is 5.89 Å². The summed E-state index contributed by atoms with van der Waals surface area (Å²) in [4.78, 5) is 24.9. The van der Waals surface area contributed by atoms with Gasteiger partial charge in [0.05, 0.1) is 0 Å². The molecule has 1 aliphatic rings. The number of fused-ring (bicyclic) bond motifs is 1. The van der Waals surface area contributed by atoms with Crippen LogP contribution in [-0.2, 0) is 22.6 Å². The second-order valence-electron chi connectivity index (χ2n) is 7.12. The van der Waals surface area contributed by atoms with Gasteiger partial charge >= 0.3 is 12.1 Å². The van der Waals surface area contributed by atoms with Gasteiger partial charge in [0, 0.05) is 29.8 Å². The quantitative estimate of drug-likeness (QED) is 0.536. The topological polar surface area (TPSA) is 117 Å². The number of carbonyl (C=O) groups excluding carboxylic acids is 1. The maximum Gasteiger partial charge on any atom is 0.490 e. The van der Waals surface area contributed by atoms with Crippen molar-refractivity contribution in [1.29, 1.82) is 0 Å². The van der Waals surface area contributed by atoms with Gasteiger partial charge in [0.15, 0.2) is 0 Å². The van der Waals surface area contributed by atoms with Gasteiger partial charge in [-0.1, -0.05) is 18.1 Å². The Morgan fingerprint density at radius 1 is 1.12 bits per heavy atom. The second kappa shape index (κ2) is 10.3. The zero-order chi connectivity index (χ0) is 24.0. The number of nitrogens with one attached hydrogen (secondary N) is 2. The molecule has 2 aromatic carbocycles. The standard InChI is InChI=1S/C20H20N4O2.C2HF3O2/c1-2-18(25)22-17-7-5-13(6-8-17)19-23-20(26-24-19)15-3-4-16-12-21-10-9-14(16)11-15;3-2(4,5)1(6)7/h3-8,11,21H,2,9-10,12H2,1H3,(H,22,25);(H,6,7). The van der Waals surface area contributed by atoms with Crippen molar-refractivity contribution in [2.45, 2.75) is 32.5 Å². The van der Waals surface area contributed by atoms with Crippen LogP contribution in [0, 0.1) is 0 Å². The molecule has 1 aliphatic heterocycles. The highest BCUT2D eigenvalue weighted by Gasteiger charge is 2.38. The maximum atomic E-state index is 11.4. The third-order valence-electron chi connectivity index (χ3n) is 4.76. The Balaban J connectivity index is 0.000000383. The smallest absolute Gasteiger partial charge is 0.475 e. The molecule has 0 unspecified atom stereocenters. The first-order chi connectivity index (χ1) is 15.7. The van der Waals surface area contributed by atoms with Crippen molar-refractivity contribution in [2.75, 3.05) is 11.9 Å². The van der Waals surface area contributed by atoms with Crippen molar-refractivity contribution in [2.24, 2.45) is 0 Å². The van der Waals surface area contributed by atoms with Crippen LogP contribution in [-0.4, -0.2) is 39.8 Å². The number of amides is 1. The van der Waals surface area contributed by atoms with Crippen molar-refractivity contribution in [3.8, 4) is 22.8 Å². The van der Waals surface area contributed by atoms with E-state index in [0.717, 1.165) is 36.3 Å². The number of aliphatic carboxylic acids is 1. The zero-order valence-electron chi connectivity index (χ0n) is 17.6. The fourth-order valence-corrected chi connectivity index (χ4v) is 3.02. The number of rotatable bonds is 4. The van der Waals surface area contributed by atoms with Gasteiger partial charge in [-0.15, -0.1) is 0 Å². The SMILES string of the molecule is CCC(=O)Nc1ccc(-c2noc(-c3ccc4c(c3)CCNC4)n2)cc1.O=C(O)C(F)(F)F. The van der Waals surface area contributed by atoms with Crippen molar-refractivity contribution in [1.82, 2.24) is 15.5 Å². The normalized spacial score (nSPS) is 12.8. The summed E-state index contributed by atoms with van der Waals surface area (Å²) in [6, 6.07) is 13.7. The highest BCUT2D eigenvalue weighted by Crippen LogP contribution is 2.26. The molecule has 1 aromatic heterocycles. The maximum absolute atomic E-state index is 11.4. The summed E-state index contributed by atoms with van der Waals surface area (Å²) in [5, 5.41) is 17.4. The summed E-state index contributed by atoms with van der Waals surface area (Å²) in [5.74, 6) is -1.72. The lowest BCUT2D eigenvalue weighted by molar-refractivity contribution is -0.192. The molecule has 0 atom stereocenters. The van der Waals surface area contributed by atoms with E-state index < -0.39 is 12.1 Å². The first-order valence-corrected chi connectivity index (χ1v) is 10.0. The summed E-state index contributed by atoms with van der Waals surface area (Å²) in [7, 11) is 0. The molecule has 0 bridgehead atoms. The molecule has 33 heavy (non-hydrogen) atoms. The highest BCUT2D eigenvalue weighted by atomic mass is 19.4. The van der Waals surface area contributed by atoms with Crippen molar-refractivity contribution < 1.29 is 32.4 Å². The van der Waals surface area contributed by atoms with Crippen molar-refractivity contribution in [3.63, 3.8) is 0 Å². The number of carboxylic acid groups (broad SMARTS) is 1. The average molecular weight is 462 g/mol. The Hall–Kier alpha value is -3.73. The molecule has 8 nitrogen and oxygen atoms in total. The molecule has 0 radical (unpaired) electrons. The molecule has 0 saturated carbocycles. The van der Waals surface area contributed by atoms with Crippen LogP contribution in [0.5, 0.6) is 0 Å². The van der Waals surface area contributed by atoms with Gasteiger partial charge in [-0.05, 0) is 60.5 Å². The van der Waals surface area contributed by atoms with Crippen LogP contribution in [0.2, 0.25) is 0 Å². The molecule has 0 saturated heterocycles. The number of carbonyl (C=O) groups is 2. The Labute approximate surface area is 186 Å². The number of hydrogen-bond donors (Lipinski definition) is 3. The number of alkyl halides is 3. The summed E-state index contributed by atoms with van der Waals surface area (Å²) in [5.41, 5.74) is 5.20. The number of nitrogens with zero attached hydrogens (tertiary/aromatic N) is 2. The Morgan fingerprint density at radius 2 is 1.79 bits per heavy atom. The first kappa shape index (κ1) is 23.9. The number of benzene rings is 2. The molecule has 0 spiro atoms. The monoisotopic (exact) mass is 462 g/mol. The molecule has 174 valence electrons. The molecule has 2 heterocycles. The molecular weight excluding hydrogens is 441 g/mol. The fourth-order valence-electron chi connectivity index (χ4n) is 3.02. The lowest BCUT2D eigenvalue weighted by atomic mass is 9.98.